The quantitative estimate of drug-likeness (QED) is 0.865. The smallest absolute Gasteiger partial charge is 0.206 e. The number of benzene rings is 1. The van der Waals surface area contributed by atoms with Gasteiger partial charge in [0.2, 0.25) is 0 Å². The Labute approximate surface area is 122 Å². The van der Waals surface area contributed by atoms with Crippen molar-refractivity contribution < 1.29 is 8.42 Å². The Kier molecular flexibility index (Phi) is 4.30. The van der Waals surface area contributed by atoms with E-state index in [2.05, 4.69) is 0 Å². The largest absolute Gasteiger partial charge is 0.252 e. The molecule has 0 saturated carbocycles. The first-order valence-electron chi connectivity index (χ1n) is 5.67. The molecule has 2 rings (SSSR count). The summed E-state index contributed by atoms with van der Waals surface area (Å²) in [5, 5.41) is 0. The van der Waals surface area contributed by atoms with Crippen molar-refractivity contribution in [3.05, 3.63) is 51.9 Å². The molecule has 2 aromatic rings. The fourth-order valence-corrected chi connectivity index (χ4v) is 4.54. The van der Waals surface area contributed by atoms with Crippen molar-refractivity contribution in [3.8, 4) is 0 Å². The van der Waals surface area contributed by atoms with Crippen LogP contribution in [0.25, 0.3) is 0 Å². The van der Waals surface area contributed by atoms with Crippen molar-refractivity contribution in [2.45, 2.75) is 17.7 Å². The fraction of sp³-hybridized carbons (Fsp3) is 0.231. The topological polar surface area (TPSA) is 37.4 Å². The van der Waals surface area contributed by atoms with Crippen LogP contribution in [0.5, 0.6) is 0 Å². The standard InChI is InChI=1S/C13H14ClNO2S2/c1-10-5-3-4-6-11(10)9-15(2)19(16,17)13-8-7-12(14)18-13/h3-8H,9H2,1-2H3. The second-order valence-electron chi connectivity index (χ2n) is 4.25. The highest BCUT2D eigenvalue weighted by Gasteiger charge is 2.23. The Bertz CT molecular complexity index is 679. The van der Waals surface area contributed by atoms with Gasteiger partial charge in [-0.3, -0.25) is 0 Å². The molecule has 0 spiro atoms. The first-order chi connectivity index (χ1) is 8.91. The molecule has 0 saturated heterocycles. The molecule has 0 fully saturated rings. The van der Waals surface area contributed by atoms with E-state index in [0.717, 1.165) is 22.5 Å². The number of nitrogens with zero attached hydrogens (tertiary/aromatic N) is 1. The first kappa shape index (κ1) is 14.5. The molecule has 0 aliphatic carbocycles. The Balaban J connectivity index is 2.25. The predicted molar refractivity (Wildman–Crippen MR) is 79.2 cm³/mol. The van der Waals surface area contributed by atoms with Crippen LogP contribution in [0.4, 0.5) is 0 Å². The van der Waals surface area contributed by atoms with Gasteiger partial charge in [-0.15, -0.1) is 11.3 Å². The van der Waals surface area contributed by atoms with Crippen molar-refractivity contribution in [1.82, 2.24) is 4.31 Å². The summed E-state index contributed by atoms with van der Waals surface area (Å²) < 4.78 is 26.8. The molecular weight excluding hydrogens is 302 g/mol. The summed E-state index contributed by atoms with van der Waals surface area (Å²) in [4.78, 5) is 0. The lowest BCUT2D eigenvalue weighted by atomic mass is 10.1. The second-order valence-corrected chi connectivity index (χ2v) is 8.23. The number of hydrogen-bond donors (Lipinski definition) is 0. The Hall–Kier alpha value is -0.880. The molecule has 1 heterocycles. The van der Waals surface area contributed by atoms with E-state index in [1.807, 2.05) is 31.2 Å². The highest BCUT2D eigenvalue weighted by molar-refractivity contribution is 7.91. The SMILES string of the molecule is Cc1ccccc1CN(C)S(=O)(=O)c1ccc(Cl)s1. The van der Waals surface area contributed by atoms with E-state index in [-0.39, 0.29) is 4.21 Å². The number of rotatable bonds is 4. The Morgan fingerprint density at radius 3 is 2.47 bits per heavy atom. The summed E-state index contributed by atoms with van der Waals surface area (Å²) in [6, 6.07) is 10.9. The average Bonchev–Trinajstić information content (AvgIpc) is 2.79. The van der Waals surface area contributed by atoms with E-state index >= 15 is 0 Å². The van der Waals surface area contributed by atoms with Gasteiger partial charge in [0.25, 0.3) is 10.0 Å². The lowest BCUT2D eigenvalue weighted by molar-refractivity contribution is 0.467. The van der Waals surface area contributed by atoms with Crippen molar-refractivity contribution in [3.63, 3.8) is 0 Å². The van der Waals surface area contributed by atoms with E-state index in [4.69, 9.17) is 11.6 Å². The molecule has 3 nitrogen and oxygen atoms in total. The minimum Gasteiger partial charge on any atom is -0.206 e. The summed E-state index contributed by atoms with van der Waals surface area (Å²) in [6.07, 6.45) is 0. The first-order valence-corrected chi connectivity index (χ1v) is 8.31. The molecule has 102 valence electrons. The van der Waals surface area contributed by atoms with Crippen molar-refractivity contribution in [2.75, 3.05) is 7.05 Å². The maximum atomic E-state index is 12.3. The van der Waals surface area contributed by atoms with Gasteiger partial charge in [0.05, 0.1) is 4.34 Å². The number of hydrogen-bond acceptors (Lipinski definition) is 3. The van der Waals surface area contributed by atoms with E-state index in [9.17, 15) is 8.42 Å². The third kappa shape index (κ3) is 3.17. The molecule has 0 atom stereocenters. The van der Waals surface area contributed by atoms with Crippen LogP contribution in [0.15, 0.2) is 40.6 Å². The van der Waals surface area contributed by atoms with Gasteiger partial charge < -0.3 is 0 Å². The summed E-state index contributed by atoms with van der Waals surface area (Å²) in [5.41, 5.74) is 2.07. The molecule has 0 radical (unpaired) electrons. The Morgan fingerprint density at radius 2 is 1.89 bits per heavy atom. The number of aryl methyl sites for hydroxylation is 1. The van der Waals surface area contributed by atoms with Crippen LogP contribution in [0.2, 0.25) is 4.34 Å². The molecule has 0 amide bonds. The zero-order valence-corrected chi connectivity index (χ0v) is 13.0. The number of halogens is 1. The van der Waals surface area contributed by atoms with Gasteiger partial charge in [0, 0.05) is 13.6 Å². The molecule has 1 aromatic heterocycles. The van der Waals surface area contributed by atoms with Crippen molar-refractivity contribution >= 4 is 33.0 Å². The highest BCUT2D eigenvalue weighted by Crippen LogP contribution is 2.28. The molecule has 0 aliphatic rings. The van der Waals surface area contributed by atoms with Gasteiger partial charge in [0.1, 0.15) is 4.21 Å². The van der Waals surface area contributed by atoms with Gasteiger partial charge in [-0.2, -0.15) is 4.31 Å². The van der Waals surface area contributed by atoms with Crippen LogP contribution >= 0.6 is 22.9 Å². The normalized spacial score (nSPS) is 12.0. The zero-order valence-electron chi connectivity index (χ0n) is 10.6. The molecule has 1 aromatic carbocycles. The van der Waals surface area contributed by atoms with E-state index in [0.29, 0.717) is 10.9 Å². The maximum Gasteiger partial charge on any atom is 0.252 e. The second kappa shape index (κ2) is 5.63. The van der Waals surface area contributed by atoms with Gasteiger partial charge >= 0.3 is 0 Å². The van der Waals surface area contributed by atoms with Crippen LogP contribution in [0, 0.1) is 6.92 Å². The van der Waals surface area contributed by atoms with Gasteiger partial charge in [0.15, 0.2) is 0 Å². The molecule has 19 heavy (non-hydrogen) atoms. The lowest BCUT2D eigenvalue weighted by Crippen LogP contribution is -2.26. The minimum atomic E-state index is -3.47. The molecule has 6 heteroatoms. The summed E-state index contributed by atoms with van der Waals surface area (Å²) >= 11 is 6.87. The third-order valence-corrected chi connectivity index (χ3v) is 6.37. The van der Waals surface area contributed by atoms with E-state index in [1.165, 1.54) is 10.4 Å². The van der Waals surface area contributed by atoms with Gasteiger partial charge in [-0.1, -0.05) is 35.9 Å². The molecule has 0 N–H and O–H groups in total. The third-order valence-electron chi connectivity index (χ3n) is 2.87. The lowest BCUT2D eigenvalue weighted by Gasteiger charge is -2.17. The Morgan fingerprint density at radius 1 is 1.21 bits per heavy atom. The van der Waals surface area contributed by atoms with Gasteiger partial charge in [-0.05, 0) is 30.2 Å². The van der Waals surface area contributed by atoms with Crippen LogP contribution in [-0.2, 0) is 16.6 Å². The number of sulfonamides is 1. The van der Waals surface area contributed by atoms with Crippen LogP contribution in [-0.4, -0.2) is 19.8 Å². The molecule has 0 unspecified atom stereocenters. The highest BCUT2D eigenvalue weighted by atomic mass is 35.5. The fourth-order valence-electron chi connectivity index (χ4n) is 1.70. The predicted octanol–water partition coefficient (Wildman–Crippen LogP) is 3.53. The van der Waals surface area contributed by atoms with Gasteiger partial charge in [-0.25, -0.2) is 8.42 Å². The zero-order chi connectivity index (χ0) is 14.0. The van der Waals surface area contributed by atoms with Crippen molar-refractivity contribution in [1.29, 1.82) is 0 Å². The summed E-state index contributed by atoms with van der Waals surface area (Å²) in [5.74, 6) is 0. The van der Waals surface area contributed by atoms with E-state index in [1.54, 1.807) is 13.1 Å². The number of thiophene rings is 1. The average molecular weight is 316 g/mol. The van der Waals surface area contributed by atoms with Crippen LogP contribution in [0.1, 0.15) is 11.1 Å². The molecule has 0 bridgehead atoms. The summed E-state index contributed by atoms with van der Waals surface area (Å²) in [7, 11) is -1.89. The van der Waals surface area contributed by atoms with Crippen LogP contribution < -0.4 is 0 Å². The monoisotopic (exact) mass is 315 g/mol. The van der Waals surface area contributed by atoms with Crippen LogP contribution in [0.3, 0.4) is 0 Å². The molecule has 0 aliphatic heterocycles. The van der Waals surface area contributed by atoms with Crippen molar-refractivity contribution in [2.24, 2.45) is 0 Å². The maximum absolute atomic E-state index is 12.3. The van der Waals surface area contributed by atoms with E-state index < -0.39 is 10.0 Å². The minimum absolute atomic E-state index is 0.272. The summed E-state index contributed by atoms with van der Waals surface area (Å²) in [6.45, 7) is 2.32. The molecular formula is C13H14ClNO2S2.